The van der Waals surface area contributed by atoms with Crippen molar-refractivity contribution in [2.45, 2.75) is 23.4 Å². The summed E-state index contributed by atoms with van der Waals surface area (Å²) in [6, 6.07) is 10.5. The zero-order valence-electron chi connectivity index (χ0n) is 10.2. The molecule has 1 N–H and O–H groups in total. The molecule has 1 aromatic heterocycles. The minimum Gasteiger partial charge on any atom is -0.313 e. The fourth-order valence-electron chi connectivity index (χ4n) is 1.52. The van der Waals surface area contributed by atoms with Gasteiger partial charge in [-0.15, -0.1) is 0 Å². The molecular weight excluding hydrogens is 247 g/mol. The predicted molar refractivity (Wildman–Crippen MR) is 72.1 cm³/mol. The lowest BCUT2D eigenvalue weighted by Crippen LogP contribution is -2.12. The lowest BCUT2D eigenvalue weighted by molar-refractivity contribution is 0.626. The SMILES string of the molecule is CCNCc1cccnc1Sc1ccc(F)cc1. The molecule has 2 rings (SSSR count). The Bertz CT molecular complexity index is 499. The van der Waals surface area contributed by atoms with Crippen LogP contribution >= 0.6 is 11.8 Å². The number of rotatable bonds is 5. The standard InChI is InChI=1S/C14H15FN2S/c1-2-16-10-11-4-3-9-17-14(11)18-13-7-5-12(15)6-8-13/h3-9,16H,2,10H2,1H3. The summed E-state index contributed by atoms with van der Waals surface area (Å²) >= 11 is 1.56. The van der Waals surface area contributed by atoms with Gasteiger partial charge in [0.2, 0.25) is 0 Å². The Morgan fingerprint density at radius 1 is 1.22 bits per heavy atom. The highest BCUT2D eigenvalue weighted by atomic mass is 32.2. The molecule has 18 heavy (non-hydrogen) atoms. The summed E-state index contributed by atoms with van der Waals surface area (Å²) in [7, 11) is 0. The van der Waals surface area contributed by atoms with E-state index in [0.717, 1.165) is 28.6 Å². The molecule has 2 nitrogen and oxygen atoms in total. The van der Waals surface area contributed by atoms with Gasteiger partial charge < -0.3 is 5.32 Å². The van der Waals surface area contributed by atoms with Crippen LogP contribution in [0.2, 0.25) is 0 Å². The predicted octanol–water partition coefficient (Wildman–Crippen LogP) is 3.48. The summed E-state index contributed by atoms with van der Waals surface area (Å²) in [4.78, 5) is 5.37. The van der Waals surface area contributed by atoms with Crippen molar-refractivity contribution in [3.05, 3.63) is 54.0 Å². The first-order chi connectivity index (χ1) is 8.79. The lowest BCUT2D eigenvalue weighted by Gasteiger charge is -2.08. The Labute approximate surface area is 111 Å². The van der Waals surface area contributed by atoms with Gasteiger partial charge in [0.15, 0.2) is 0 Å². The molecule has 0 amide bonds. The van der Waals surface area contributed by atoms with Crippen molar-refractivity contribution in [2.75, 3.05) is 6.54 Å². The Balaban J connectivity index is 2.15. The third-order valence-electron chi connectivity index (χ3n) is 2.44. The van der Waals surface area contributed by atoms with Gasteiger partial charge in [0.25, 0.3) is 0 Å². The van der Waals surface area contributed by atoms with Crippen molar-refractivity contribution < 1.29 is 4.39 Å². The first-order valence-corrected chi connectivity index (χ1v) is 6.69. The van der Waals surface area contributed by atoms with Crippen molar-refractivity contribution in [3.63, 3.8) is 0 Å². The summed E-state index contributed by atoms with van der Waals surface area (Å²) in [5, 5.41) is 4.25. The molecule has 1 aromatic carbocycles. The molecule has 0 fully saturated rings. The van der Waals surface area contributed by atoms with Gasteiger partial charge in [0.1, 0.15) is 10.8 Å². The summed E-state index contributed by atoms with van der Waals surface area (Å²) < 4.78 is 12.8. The van der Waals surface area contributed by atoms with E-state index in [1.54, 1.807) is 30.1 Å². The largest absolute Gasteiger partial charge is 0.313 e. The molecule has 0 saturated carbocycles. The average molecular weight is 262 g/mol. The number of halogens is 1. The molecular formula is C14H15FN2S. The maximum Gasteiger partial charge on any atom is 0.123 e. The number of hydrogen-bond donors (Lipinski definition) is 1. The van der Waals surface area contributed by atoms with E-state index in [0.29, 0.717) is 0 Å². The molecule has 94 valence electrons. The van der Waals surface area contributed by atoms with Gasteiger partial charge in [-0.05, 0) is 42.4 Å². The second-order valence-electron chi connectivity index (χ2n) is 3.80. The van der Waals surface area contributed by atoms with Crippen molar-refractivity contribution >= 4 is 11.8 Å². The Kier molecular flexibility index (Phi) is 4.73. The minimum absolute atomic E-state index is 0.215. The molecule has 0 unspecified atom stereocenters. The van der Waals surface area contributed by atoms with Crippen molar-refractivity contribution in [1.29, 1.82) is 0 Å². The van der Waals surface area contributed by atoms with E-state index in [1.807, 2.05) is 6.07 Å². The normalized spacial score (nSPS) is 10.6. The molecule has 0 aliphatic carbocycles. The lowest BCUT2D eigenvalue weighted by atomic mass is 10.3. The van der Waals surface area contributed by atoms with E-state index in [4.69, 9.17) is 0 Å². The summed E-state index contributed by atoms with van der Waals surface area (Å²) in [5.74, 6) is -0.215. The highest BCUT2D eigenvalue weighted by Crippen LogP contribution is 2.28. The zero-order chi connectivity index (χ0) is 12.8. The zero-order valence-corrected chi connectivity index (χ0v) is 11.0. The number of pyridine rings is 1. The van der Waals surface area contributed by atoms with Crippen LogP contribution in [0.1, 0.15) is 12.5 Å². The maximum atomic E-state index is 12.8. The van der Waals surface area contributed by atoms with E-state index in [1.165, 1.54) is 12.1 Å². The van der Waals surface area contributed by atoms with Gasteiger partial charge in [-0.2, -0.15) is 0 Å². The van der Waals surface area contributed by atoms with Crippen LogP contribution in [0.3, 0.4) is 0 Å². The van der Waals surface area contributed by atoms with Gasteiger partial charge in [-0.3, -0.25) is 0 Å². The first-order valence-electron chi connectivity index (χ1n) is 5.87. The van der Waals surface area contributed by atoms with Crippen LogP contribution in [0, 0.1) is 5.82 Å². The third-order valence-corrected chi connectivity index (χ3v) is 3.51. The molecule has 0 spiro atoms. The Hall–Kier alpha value is -1.39. The van der Waals surface area contributed by atoms with Crippen LogP contribution in [0.5, 0.6) is 0 Å². The fraction of sp³-hybridized carbons (Fsp3) is 0.214. The Morgan fingerprint density at radius 2 is 2.00 bits per heavy atom. The molecule has 2 aromatic rings. The van der Waals surface area contributed by atoms with Crippen LogP contribution in [-0.4, -0.2) is 11.5 Å². The maximum absolute atomic E-state index is 12.8. The van der Waals surface area contributed by atoms with Crippen molar-refractivity contribution in [1.82, 2.24) is 10.3 Å². The molecule has 0 saturated heterocycles. The number of aromatic nitrogens is 1. The fourth-order valence-corrected chi connectivity index (χ4v) is 2.40. The van der Waals surface area contributed by atoms with Crippen LogP contribution in [-0.2, 0) is 6.54 Å². The molecule has 0 aliphatic heterocycles. The smallest absolute Gasteiger partial charge is 0.123 e. The average Bonchev–Trinajstić information content (AvgIpc) is 2.40. The molecule has 0 aliphatic rings. The third kappa shape index (κ3) is 3.55. The monoisotopic (exact) mass is 262 g/mol. The van der Waals surface area contributed by atoms with E-state index < -0.39 is 0 Å². The molecule has 1 heterocycles. The second-order valence-corrected chi connectivity index (χ2v) is 4.87. The highest BCUT2D eigenvalue weighted by molar-refractivity contribution is 7.99. The molecule has 0 bridgehead atoms. The topological polar surface area (TPSA) is 24.9 Å². The molecule has 0 radical (unpaired) electrons. The van der Waals surface area contributed by atoms with E-state index >= 15 is 0 Å². The second kappa shape index (κ2) is 6.52. The van der Waals surface area contributed by atoms with E-state index in [2.05, 4.69) is 23.3 Å². The van der Waals surface area contributed by atoms with E-state index in [9.17, 15) is 4.39 Å². The molecule has 4 heteroatoms. The van der Waals surface area contributed by atoms with Gasteiger partial charge in [-0.25, -0.2) is 9.37 Å². The molecule has 0 atom stereocenters. The minimum atomic E-state index is -0.215. The number of nitrogens with one attached hydrogen (secondary N) is 1. The summed E-state index contributed by atoms with van der Waals surface area (Å²) in [6.45, 7) is 3.80. The van der Waals surface area contributed by atoms with Gasteiger partial charge in [0.05, 0.1) is 0 Å². The van der Waals surface area contributed by atoms with Crippen LogP contribution in [0.15, 0.2) is 52.5 Å². The summed E-state index contributed by atoms with van der Waals surface area (Å²) in [5.41, 5.74) is 1.16. The van der Waals surface area contributed by atoms with Crippen LogP contribution in [0.4, 0.5) is 4.39 Å². The van der Waals surface area contributed by atoms with Gasteiger partial charge in [-0.1, -0.05) is 24.8 Å². The number of nitrogens with zero attached hydrogens (tertiary/aromatic N) is 1. The quantitative estimate of drug-likeness (QED) is 0.893. The number of hydrogen-bond acceptors (Lipinski definition) is 3. The highest BCUT2D eigenvalue weighted by Gasteiger charge is 2.05. The first kappa shape index (κ1) is 13.1. The van der Waals surface area contributed by atoms with Crippen molar-refractivity contribution in [2.24, 2.45) is 0 Å². The van der Waals surface area contributed by atoms with Crippen LogP contribution in [0.25, 0.3) is 0 Å². The van der Waals surface area contributed by atoms with Crippen LogP contribution < -0.4 is 5.32 Å². The Morgan fingerprint density at radius 3 is 2.72 bits per heavy atom. The van der Waals surface area contributed by atoms with Gasteiger partial charge in [0, 0.05) is 17.6 Å². The van der Waals surface area contributed by atoms with Gasteiger partial charge >= 0.3 is 0 Å². The van der Waals surface area contributed by atoms with Crippen molar-refractivity contribution in [3.8, 4) is 0 Å². The van der Waals surface area contributed by atoms with E-state index in [-0.39, 0.29) is 5.82 Å². The summed E-state index contributed by atoms with van der Waals surface area (Å²) in [6.07, 6.45) is 1.78. The number of benzene rings is 1.